The number of nitrogens with one attached hydrogen (secondary N) is 1. The van der Waals surface area contributed by atoms with E-state index in [-0.39, 0.29) is 12.5 Å². The van der Waals surface area contributed by atoms with Gasteiger partial charge in [-0.05, 0) is 26.8 Å². The number of amides is 1. The van der Waals surface area contributed by atoms with Gasteiger partial charge in [-0.3, -0.25) is 4.79 Å². The highest BCUT2D eigenvalue weighted by Crippen LogP contribution is 2.12. The summed E-state index contributed by atoms with van der Waals surface area (Å²) in [4.78, 5) is 13.4. The summed E-state index contributed by atoms with van der Waals surface area (Å²) in [5.41, 5.74) is -0.470. The van der Waals surface area contributed by atoms with Crippen molar-refractivity contribution >= 4 is 5.91 Å². The minimum Gasteiger partial charge on any atom is -0.394 e. The Labute approximate surface area is 99.0 Å². The first-order valence-electron chi connectivity index (χ1n) is 5.92. The molecule has 0 saturated carbocycles. The number of carbonyl (C=O) groups is 1. The summed E-state index contributed by atoms with van der Waals surface area (Å²) < 4.78 is 0. The van der Waals surface area contributed by atoms with Crippen molar-refractivity contribution in [3.05, 3.63) is 0 Å². The maximum atomic E-state index is 11.8. The van der Waals surface area contributed by atoms with E-state index in [1.54, 1.807) is 11.9 Å². The molecule has 2 N–H and O–H groups in total. The lowest BCUT2D eigenvalue weighted by Crippen LogP contribution is -2.47. The van der Waals surface area contributed by atoms with Gasteiger partial charge < -0.3 is 15.3 Å². The van der Waals surface area contributed by atoms with Crippen LogP contribution in [0.3, 0.4) is 0 Å². The summed E-state index contributed by atoms with van der Waals surface area (Å²) in [6.45, 7) is 8.73. The molecule has 0 aliphatic heterocycles. The third kappa shape index (κ3) is 5.47. The molecule has 0 saturated heterocycles. The van der Waals surface area contributed by atoms with E-state index in [4.69, 9.17) is 5.11 Å². The Kier molecular flexibility index (Phi) is 6.60. The smallest absolute Gasteiger partial charge is 0.222 e. The van der Waals surface area contributed by atoms with Crippen molar-refractivity contribution < 1.29 is 9.90 Å². The molecule has 0 aromatic heterocycles. The van der Waals surface area contributed by atoms with Crippen molar-refractivity contribution in [1.29, 1.82) is 0 Å². The van der Waals surface area contributed by atoms with Gasteiger partial charge in [0.25, 0.3) is 0 Å². The van der Waals surface area contributed by atoms with Crippen LogP contribution in [0.5, 0.6) is 0 Å². The van der Waals surface area contributed by atoms with Crippen LogP contribution in [0.2, 0.25) is 0 Å². The fraction of sp³-hybridized carbons (Fsp3) is 0.917. The van der Waals surface area contributed by atoms with Gasteiger partial charge in [-0.25, -0.2) is 0 Å². The second kappa shape index (κ2) is 6.86. The van der Waals surface area contributed by atoms with Crippen molar-refractivity contribution in [3.8, 4) is 0 Å². The van der Waals surface area contributed by atoms with Crippen molar-refractivity contribution in [3.63, 3.8) is 0 Å². The molecule has 1 amide bonds. The van der Waals surface area contributed by atoms with Gasteiger partial charge in [-0.1, -0.05) is 13.8 Å². The average molecular weight is 230 g/mol. The van der Waals surface area contributed by atoms with Crippen LogP contribution in [0, 0.1) is 0 Å². The van der Waals surface area contributed by atoms with E-state index in [9.17, 15) is 4.79 Å². The lowest BCUT2D eigenvalue weighted by atomic mass is 10.0. The standard InChI is InChI=1S/C12H26N2O2/c1-10(2)13-8-6-7-11(16)14(5)12(3,4)9-15/h10,13,15H,6-9H2,1-5H3. The molecule has 4 heteroatoms. The quantitative estimate of drug-likeness (QED) is 0.641. The molecule has 0 heterocycles. The largest absolute Gasteiger partial charge is 0.394 e. The van der Waals surface area contributed by atoms with E-state index in [0.29, 0.717) is 12.5 Å². The molecule has 0 unspecified atom stereocenters. The maximum Gasteiger partial charge on any atom is 0.222 e. The third-order valence-corrected chi connectivity index (χ3v) is 2.79. The molecule has 0 rings (SSSR count). The lowest BCUT2D eigenvalue weighted by molar-refractivity contribution is -0.136. The van der Waals surface area contributed by atoms with Crippen LogP contribution >= 0.6 is 0 Å². The molecule has 0 atom stereocenters. The highest BCUT2D eigenvalue weighted by atomic mass is 16.3. The van der Waals surface area contributed by atoms with Gasteiger partial charge in [0, 0.05) is 19.5 Å². The predicted molar refractivity (Wildman–Crippen MR) is 66.3 cm³/mol. The molecule has 0 aromatic rings. The SMILES string of the molecule is CC(C)NCCCC(=O)N(C)C(C)(C)CO. The van der Waals surface area contributed by atoms with Gasteiger partial charge in [0.1, 0.15) is 0 Å². The Hall–Kier alpha value is -0.610. The van der Waals surface area contributed by atoms with Gasteiger partial charge in [0.15, 0.2) is 0 Å². The van der Waals surface area contributed by atoms with Gasteiger partial charge in [0.05, 0.1) is 12.1 Å². The first-order valence-corrected chi connectivity index (χ1v) is 5.92. The first-order chi connectivity index (χ1) is 7.31. The van der Waals surface area contributed by atoms with E-state index in [0.717, 1.165) is 13.0 Å². The average Bonchev–Trinajstić information content (AvgIpc) is 2.22. The highest BCUT2D eigenvalue weighted by molar-refractivity contribution is 5.76. The van der Waals surface area contributed by atoms with Gasteiger partial charge >= 0.3 is 0 Å². The molecule has 0 spiro atoms. The fourth-order valence-corrected chi connectivity index (χ4v) is 1.24. The molecule has 0 aromatic carbocycles. The van der Waals surface area contributed by atoms with Crippen LogP contribution in [0.15, 0.2) is 0 Å². The van der Waals surface area contributed by atoms with Gasteiger partial charge in [-0.2, -0.15) is 0 Å². The normalized spacial score (nSPS) is 11.9. The molecule has 4 nitrogen and oxygen atoms in total. The van der Waals surface area contributed by atoms with Crippen molar-refractivity contribution in [2.24, 2.45) is 0 Å². The number of aliphatic hydroxyl groups is 1. The second-order valence-electron chi connectivity index (χ2n) is 5.14. The minimum atomic E-state index is -0.470. The zero-order chi connectivity index (χ0) is 12.8. The van der Waals surface area contributed by atoms with Crippen LogP contribution in [0.1, 0.15) is 40.5 Å². The molecule has 0 aliphatic carbocycles. The molecule has 16 heavy (non-hydrogen) atoms. The number of nitrogens with zero attached hydrogens (tertiary/aromatic N) is 1. The first kappa shape index (κ1) is 15.4. The maximum absolute atomic E-state index is 11.8. The predicted octanol–water partition coefficient (Wildman–Crippen LogP) is 0.994. The van der Waals surface area contributed by atoms with E-state index in [2.05, 4.69) is 19.2 Å². The highest BCUT2D eigenvalue weighted by Gasteiger charge is 2.25. The Bertz CT molecular complexity index is 215. The van der Waals surface area contributed by atoms with E-state index >= 15 is 0 Å². The summed E-state index contributed by atoms with van der Waals surface area (Å²) in [7, 11) is 1.74. The van der Waals surface area contributed by atoms with Crippen LogP contribution in [0.25, 0.3) is 0 Å². The monoisotopic (exact) mass is 230 g/mol. The minimum absolute atomic E-state index is 0.0144. The number of rotatable bonds is 7. The van der Waals surface area contributed by atoms with Gasteiger partial charge in [0.2, 0.25) is 5.91 Å². The topological polar surface area (TPSA) is 52.6 Å². The number of hydrogen-bond acceptors (Lipinski definition) is 3. The molecule has 0 aliphatic rings. The van der Waals surface area contributed by atoms with E-state index < -0.39 is 5.54 Å². The second-order valence-corrected chi connectivity index (χ2v) is 5.14. The number of likely N-dealkylation sites (N-methyl/N-ethyl adjacent to an activating group) is 1. The van der Waals surface area contributed by atoms with Crippen molar-refractivity contribution in [2.45, 2.75) is 52.1 Å². The molecular formula is C12H26N2O2. The zero-order valence-corrected chi connectivity index (χ0v) is 11.2. The fourth-order valence-electron chi connectivity index (χ4n) is 1.24. The Morgan fingerprint density at radius 2 is 2.00 bits per heavy atom. The number of hydrogen-bond donors (Lipinski definition) is 2. The summed E-state index contributed by atoms with van der Waals surface area (Å²) in [5, 5.41) is 12.4. The Morgan fingerprint density at radius 3 is 2.44 bits per heavy atom. The zero-order valence-electron chi connectivity index (χ0n) is 11.2. The van der Waals surface area contributed by atoms with E-state index in [1.165, 1.54) is 0 Å². The summed E-state index contributed by atoms with van der Waals surface area (Å²) >= 11 is 0. The summed E-state index contributed by atoms with van der Waals surface area (Å²) in [6, 6.07) is 0.460. The Balaban J connectivity index is 3.89. The number of aliphatic hydroxyl groups excluding tert-OH is 1. The summed E-state index contributed by atoms with van der Waals surface area (Å²) in [5.74, 6) is 0.0876. The Morgan fingerprint density at radius 1 is 1.44 bits per heavy atom. The van der Waals surface area contributed by atoms with Gasteiger partial charge in [-0.15, -0.1) is 0 Å². The third-order valence-electron chi connectivity index (χ3n) is 2.79. The molecular weight excluding hydrogens is 204 g/mol. The van der Waals surface area contributed by atoms with E-state index in [1.807, 2.05) is 13.8 Å². The van der Waals surface area contributed by atoms with Crippen LogP contribution < -0.4 is 5.32 Å². The lowest BCUT2D eigenvalue weighted by Gasteiger charge is -2.34. The number of carbonyl (C=O) groups excluding carboxylic acids is 1. The molecule has 0 bridgehead atoms. The molecule has 96 valence electrons. The van der Waals surface area contributed by atoms with Crippen LogP contribution in [0.4, 0.5) is 0 Å². The molecule has 0 radical (unpaired) electrons. The van der Waals surface area contributed by atoms with Crippen LogP contribution in [-0.4, -0.2) is 47.7 Å². The summed E-state index contributed by atoms with van der Waals surface area (Å²) in [6.07, 6.45) is 1.36. The van der Waals surface area contributed by atoms with Crippen LogP contribution in [-0.2, 0) is 4.79 Å². The molecule has 0 fully saturated rings. The van der Waals surface area contributed by atoms with Crippen molar-refractivity contribution in [2.75, 3.05) is 20.2 Å². The van der Waals surface area contributed by atoms with Crippen molar-refractivity contribution in [1.82, 2.24) is 10.2 Å².